The minimum atomic E-state index is 0.310. The Bertz CT molecular complexity index is 988. The molecule has 2 aliphatic rings. The maximum absolute atomic E-state index is 6.40. The molecule has 0 amide bonds. The van der Waals surface area contributed by atoms with Crippen molar-refractivity contribution in [3.05, 3.63) is 47.9 Å². The molecule has 1 unspecified atom stereocenters. The molecule has 0 spiro atoms. The van der Waals surface area contributed by atoms with Crippen molar-refractivity contribution in [2.45, 2.75) is 31.8 Å². The van der Waals surface area contributed by atoms with Gasteiger partial charge < -0.3 is 15.4 Å². The summed E-state index contributed by atoms with van der Waals surface area (Å²) in [4.78, 5) is 13.3. The highest BCUT2D eigenvalue weighted by molar-refractivity contribution is 5.47. The number of ether oxygens (including phenoxy) is 1. The van der Waals surface area contributed by atoms with Crippen molar-refractivity contribution in [1.82, 2.24) is 24.5 Å². The summed E-state index contributed by atoms with van der Waals surface area (Å²) in [6.07, 6.45) is 6.66. The first-order chi connectivity index (χ1) is 14.3. The number of benzene rings is 1. The van der Waals surface area contributed by atoms with E-state index in [1.54, 1.807) is 12.5 Å². The van der Waals surface area contributed by atoms with Gasteiger partial charge in [0, 0.05) is 44.5 Å². The molecule has 1 saturated heterocycles. The van der Waals surface area contributed by atoms with Gasteiger partial charge in [-0.15, -0.1) is 0 Å². The van der Waals surface area contributed by atoms with Gasteiger partial charge in [0.25, 0.3) is 5.78 Å². The normalized spacial score (nSPS) is 19.6. The van der Waals surface area contributed by atoms with Crippen molar-refractivity contribution >= 4 is 11.6 Å². The van der Waals surface area contributed by atoms with Gasteiger partial charge in [0.1, 0.15) is 24.5 Å². The molecule has 8 heteroatoms. The number of fused-ring (bicyclic) bond motifs is 2. The molecule has 1 aromatic carbocycles. The van der Waals surface area contributed by atoms with Crippen LogP contribution in [0.2, 0.25) is 0 Å². The van der Waals surface area contributed by atoms with Gasteiger partial charge in [-0.25, -0.2) is 4.98 Å². The molecule has 1 fully saturated rings. The molecule has 8 nitrogen and oxygen atoms in total. The van der Waals surface area contributed by atoms with E-state index in [4.69, 9.17) is 10.5 Å². The quantitative estimate of drug-likeness (QED) is 0.679. The van der Waals surface area contributed by atoms with E-state index >= 15 is 0 Å². The van der Waals surface area contributed by atoms with Crippen LogP contribution in [0.25, 0.3) is 5.78 Å². The largest absolute Gasteiger partial charge is 0.491 e. The van der Waals surface area contributed by atoms with E-state index in [1.807, 2.05) is 10.6 Å². The fourth-order valence-electron chi connectivity index (χ4n) is 4.55. The molecule has 0 aliphatic carbocycles. The fourth-order valence-corrected chi connectivity index (χ4v) is 4.55. The molecule has 29 heavy (non-hydrogen) atoms. The molecule has 1 atom stereocenters. The van der Waals surface area contributed by atoms with Crippen LogP contribution in [0, 0.1) is 0 Å². The fraction of sp³-hybridized carbons (Fsp3) is 0.476. The summed E-state index contributed by atoms with van der Waals surface area (Å²) < 4.78 is 8.21. The topological polar surface area (TPSA) is 84.8 Å². The van der Waals surface area contributed by atoms with Crippen LogP contribution in [-0.4, -0.2) is 63.3 Å². The van der Waals surface area contributed by atoms with E-state index in [1.165, 1.54) is 11.1 Å². The maximum atomic E-state index is 6.40. The Labute approximate surface area is 170 Å². The van der Waals surface area contributed by atoms with Crippen molar-refractivity contribution in [2.75, 3.05) is 37.7 Å². The highest BCUT2D eigenvalue weighted by Crippen LogP contribution is 2.30. The van der Waals surface area contributed by atoms with Crippen LogP contribution in [0.3, 0.4) is 0 Å². The summed E-state index contributed by atoms with van der Waals surface area (Å²) in [6, 6.07) is 8.76. The number of aromatic nitrogens is 4. The van der Waals surface area contributed by atoms with E-state index in [0.717, 1.165) is 57.0 Å². The number of hydrogen-bond acceptors (Lipinski definition) is 7. The standard InChI is InChI=1S/C21H27N7O/c22-8-12-26-11-7-16-3-1-5-19(18(16)13-26)29-14-17-4-2-10-27(17)20-6-9-23-21-24-15-25-28(20)21/h1,3,5-6,9,15,17H,2,4,7-8,10-14,22H2. The number of nitrogens with two attached hydrogens (primary N) is 1. The number of hydrogen-bond donors (Lipinski definition) is 1. The zero-order valence-corrected chi connectivity index (χ0v) is 16.6. The molecule has 4 heterocycles. The van der Waals surface area contributed by atoms with Gasteiger partial charge in [0.2, 0.25) is 0 Å². The Hall–Kier alpha value is -2.71. The highest BCUT2D eigenvalue weighted by Gasteiger charge is 2.28. The Morgan fingerprint density at radius 2 is 2.14 bits per heavy atom. The van der Waals surface area contributed by atoms with Gasteiger partial charge >= 0.3 is 0 Å². The SMILES string of the molecule is NCCN1CCc2cccc(OCC3CCCN3c3ccnc4ncnn34)c2C1. The van der Waals surface area contributed by atoms with Gasteiger partial charge in [0.15, 0.2) is 0 Å². The summed E-state index contributed by atoms with van der Waals surface area (Å²) in [5.74, 6) is 2.67. The van der Waals surface area contributed by atoms with Gasteiger partial charge in [-0.05, 0) is 37.0 Å². The molecule has 0 saturated carbocycles. The Morgan fingerprint density at radius 3 is 3.07 bits per heavy atom. The first kappa shape index (κ1) is 18.3. The zero-order chi connectivity index (χ0) is 19.6. The monoisotopic (exact) mass is 393 g/mol. The molecular formula is C21H27N7O. The summed E-state index contributed by atoms with van der Waals surface area (Å²) in [5, 5.41) is 4.34. The smallest absolute Gasteiger partial charge is 0.254 e. The number of rotatable bonds is 6. The second-order valence-electron chi connectivity index (χ2n) is 7.78. The Balaban J connectivity index is 1.33. The summed E-state index contributed by atoms with van der Waals surface area (Å²) in [6.45, 7) is 5.26. The lowest BCUT2D eigenvalue weighted by atomic mass is 9.99. The molecule has 0 radical (unpaired) electrons. The van der Waals surface area contributed by atoms with Crippen LogP contribution in [-0.2, 0) is 13.0 Å². The first-order valence-corrected chi connectivity index (χ1v) is 10.4. The maximum Gasteiger partial charge on any atom is 0.254 e. The second kappa shape index (κ2) is 7.96. The third kappa shape index (κ3) is 3.54. The summed E-state index contributed by atoms with van der Waals surface area (Å²) in [5.41, 5.74) is 8.49. The number of nitrogens with zero attached hydrogens (tertiary/aromatic N) is 6. The Morgan fingerprint density at radius 1 is 1.17 bits per heavy atom. The van der Waals surface area contributed by atoms with E-state index in [0.29, 0.717) is 25.0 Å². The average molecular weight is 393 g/mol. The summed E-state index contributed by atoms with van der Waals surface area (Å²) in [7, 11) is 0. The van der Waals surface area contributed by atoms with E-state index in [-0.39, 0.29) is 0 Å². The molecular weight excluding hydrogens is 366 g/mol. The molecule has 3 aromatic rings. The van der Waals surface area contributed by atoms with Gasteiger partial charge in [-0.2, -0.15) is 14.6 Å². The van der Waals surface area contributed by atoms with Crippen molar-refractivity contribution in [2.24, 2.45) is 5.73 Å². The van der Waals surface area contributed by atoms with Crippen LogP contribution < -0.4 is 15.4 Å². The van der Waals surface area contributed by atoms with Gasteiger partial charge in [-0.3, -0.25) is 4.90 Å². The molecule has 152 valence electrons. The van der Waals surface area contributed by atoms with Crippen LogP contribution in [0.1, 0.15) is 24.0 Å². The van der Waals surface area contributed by atoms with Gasteiger partial charge in [-0.1, -0.05) is 12.1 Å². The Kier molecular flexibility index (Phi) is 5.03. The molecule has 2 N–H and O–H groups in total. The third-order valence-electron chi connectivity index (χ3n) is 6.02. The van der Waals surface area contributed by atoms with Gasteiger partial charge in [0.05, 0.1) is 6.04 Å². The molecule has 2 aliphatic heterocycles. The van der Waals surface area contributed by atoms with E-state index in [2.05, 4.69) is 43.1 Å². The molecule has 5 rings (SSSR count). The molecule has 2 aromatic heterocycles. The van der Waals surface area contributed by atoms with E-state index in [9.17, 15) is 0 Å². The van der Waals surface area contributed by atoms with Crippen molar-refractivity contribution in [1.29, 1.82) is 0 Å². The minimum absolute atomic E-state index is 0.310. The zero-order valence-electron chi connectivity index (χ0n) is 16.6. The highest BCUT2D eigenvalue weighted by atomic mass is 16.5. The lowest BCUT2D eigenvalue weighted by molar-refractivity contribution is 0.243. The van der Waals surface area contributed by atoms with E-state index < -0.39 is 0 Å². The molecule has 0 bridgehead atoms. The average Bonchev–Trinajstić information content (AvgIpc) is 3.41. The summed E-state index contributed by atoms with van der Waals surface area (Å²) >= 11 is 0. The minimum Gasteiger partial charge on any atom is -0.491 e. The van der Waals surface area contributed by atoms with Crippen molar-refractivity contribution in [3.8, 4) is 5.75 Å². The van der Waals surface area contributed by atoms with Crippen LogP contribution in [0.15, 0.2) is 36.8 Å². The first-order valence-electron chi connectivity index (χ1n) is 10.4. The van der Waals surface area contributed by atoms with Crippen molar-refractivity contribution < 1.29 is 4.74 Å². The predicted molar refractivity (Wildman–Crippen MR) is 111 cm³/mol. The lowest BCUT2D eigenvalue weighted by Gasteiger charge is -2.31. The number of anilines is 1. The second-order valence-corrected chi connectivity index (χ2v) is 7.78. The third-order valence-corrected chi connectivity index (χ3v) is 6.02. The van der Waals surface area contributed by atoms with Crippen LogP contribution in [0.4, 0.5) is 5.82 Å². The van der Waals surface area contributed by atoms with Crippen molar-refractivity contribution in [3.63, 3.8) is 0 Å². The lowest BCUT2D eigenvalue weighted by Crippen LogP contribution is -2.36. The predicted octanol–water partition coefficient (Wildman–Crippen LogP) is 1.49. The van der Waals surface area contributed by atoms with Crippen LogP contribution in [0.5, 0.6) is 5.75 Å². The van der Waals surface area contributed by atoms with Crippen LogP contribution >= 0.6 is 0 Å².